The molecule has 0 bridgehead atoms. The SMILES string of the molecule is CCC(CC)CN1CCC(C(C)=O)CC1. The normalized spacial score (nSPS) is 19.7. The Morgan fingerprint density at radius 3 is 2.20 bits per heavy atom. The van der Waals surface area contributed by atoms with Gasteiger partial charge < -0.3 is 4.90 Å². The smallest absolute Gasteiger partial charge is 0.133 e. The van der Waals surface area contributed by atoms with Crippen LogP contribution < -0.4 is 0 Å². The van der Waals surface area contributed by atoms with Crippen LogP contribution in [0.15, 0.2) is 0 Å². The summed E-state index contributed by atoms with van der Waals surface area (Å²) in [5.74, 6) is 1.58. The minimum atomic E-state index is 0.350. The fourth-order valence-corrected chi connectivity index (χ4v) is 2.43. The van der Waals surface area contributed by atoms with Crippen molar-refractivity contribution in [3.05, 3.63) is 0 Å². The number of piperidine rings is 1. The van der Waals surface area contributed by atoms with Crippen molar-refractivity contribution >= 4 is 5.78 Å². The third kappa shape index (κ3) is 3.94. The summed E-state index contributed by atoms with van der Waals surface area (Å²) in [6.07, 6.45) is 4.72. The first kappa shape index (κ1) is 12.7. The molecule has 2 nitrogen and oxygen atoms in total. The molecule has 0 radical (unpaired) electrons. The second kappa shape index (κ2) is 6.26. The third-order valence-electron chi connectivity index (χ3n) is 3.83. The van der Waals surface area contributed by atoms with Gasteiger partial charge in [-0.1, -0.05) is 26.7 Å². The van der Waals surface area contributed by atoms with Gasteiger partial charge >= 0.3 is 0 Å². The Balaban J connectivity index is 2.28. The lowest BCUT2D eigenvalue weighted by Crippen LogP contribution is -2.38. The van der Waals surface area contributed by atoms with E-state index in [2.05, 4.69) is 18.7 Å². The van der Waals surface area contributed by atoms with Crippen molar-refractivity contribution in [2.45, 2.75) is 46.5 Å². The maximum atomic E-state index is 11.2. The fraction of sp³-hybridized carbons (Fsp3) is 0.923. The van der Waals surface area contributed by atoms with Crippen LogP contribution in [-0.4, -0.2) is 30.3 Å². The van der Waals surface area contributed by atoms with Gasteiger partial charge in [0.2, 0.25) is 0 Å². The van der Waals surface area contributed by atoms with E-state index in [0.29, 0.717) is 11.7 Å². The van der Waals surface area contributed by atoms with E-state index in [4.69, 9.17) is 0 Å². The Labute approximate surface area is 94.0 Å². The van der Waals surface area contributed by atoms with Crippen LogP contribution in [0.1, 0.15) is 46.5 Å². The number of ketones is 1. The number of nitrogens with zero attached hydrogens (tertiary/aromatic N) is 1. The van der Waals surface area contributed by atoms with Crippen LogP contribution in [0.3, 0.4) is 0 Å². The molecule has 0 aromatic rings. The van der Waals surface area contributed by atoms with E-state index in [9.17, 15) is 4.79 Å². The van der Waals surface area contributed by atoms with E-state index >= 15 is 0 Å². The molecule has 1 heterocycles. The number of hydrogen-bond acceptors (Lipinski definition) is 2. The molecular weight excluding hydrogens is 186 g/mol. The molecule has 2 heteroatoms. The predicted molar refractivity (Wildman–Crippen MR) is 63.9 cm³/mol. The van der Waals surface area contributed by atoms with E-state index in [0.717, 1.165) is 31.8 Å². The number of likely N-dealkylation sites (tertiary alicyclic amines) is 1. The first-order valence-corrected chi connectivity index (χ1v) is 6.40. The molecule has 1 saturated heterocycles. The lowest BCUT2D eigenvalue weighted by molar-refractivity contribution is -0.122. The molecule has 1 rings (SSSR count). The summed E-state index contributed by atoms with van der Waals surface area (Å²) in [5.41, 5.74) is 0. The van der Waals surface area contributed by atoms with Gasteiger partial charge in [0.1, 0.15) is 5.78 Å². The summed E-state index contributed by atoms with van der Waals surface area (Å²) in [6, 6.07) is 0. The Kier molecular flexibility index (Phi) is 5.30. The van der Waals surface area contributed by atoms with Crippen LogP contribution in [0.25, 0.3) is 0 Å². The molecular formula is C13H25NO. The Hall–Kier alpha value is -0.370. The van der Waals surface area contributed by atoms with Gasteiger partial charge in [-0.05, 0) is 38.8 Å². The van der Waals surface area contributed by atoms with E-state index in [1.54, 1.807) is 6.92 Å². The predicted octanol–water partition coefficient (Wildman–Crippen LogP) is 2.72. The number of carbonyl (C=O) groups excluding carboxylic acids is 1. The zero-order chi connectivity index (χ0) is 11.3. The fourth-order valence-electron chi connectivity index (χ4n) is 2.43. The summed E-state index contributed by atoms with van der Waals surface area (Å²) >= 11 is 0. The quantitative estimate of drug-likeness (QED) is 0.697. The van der Waals surface area contributed by atoms with Gasteiger partial charge in [-0.3, -0.25) is 4.79 Å². The van der Waals surface area contributed by atoms with Gasteiger partial charge in [0.15, 0.2) is 0 Å². The van der Waals surface area contributed by atoms with Crippen molar-refractivity contribution in [3.8, 4) is 0 Å². The highest BCUT2D eigenvalue weighted by molar-refractivity contribution is 5.78. The molecule has 15 heavy (non-hydrogen) atoms. The highest BCUT2D eigenvalue weighted by atomic mass is 16.1. The van der Waals surface area contributed by atoms with Gasteiger partial charge in [0.05, 0.1) is 0 Å². The zero-order valence-corrected chi connectivity index (χ0v) is 10.5. The lowest BCUT2D eigenvalue weighted by atomic mass is 9.92. The highest BCUT2D eigenvalue weighted by Crippen LogP contribution is 2.20. The number of rotatable bonds is 5. The molecule has 0 unspecified atom stereocenters. The summed E-state index contributed by atoms with van der Waals surface area (Å²) in [6.45, 7) is 9.77. The topological polar surface area (TPSA) is 20.3 Å². The van der Waals surface area contributed by atoms with Crippen molar-refractivity contribution in [1.29, 1.82) is 0 Å². The van der Waals surface area contributed by atoms with Crippen LogP contribution in [0, 0.1) is 11.8 Å². The van der Waals surface area contributed by atoms with Crippen molar-refractivity contribution < 1.29 is 4.79 Å². The van der Waals surface area contributed by atoms with E-state index in [1.165, 1.54) is 19.4 Å². The molecule has 0 aromatic heterocycles. The molecule has 1 fully saturated rings. The van der Waals surface area contributed by atoms with Crippen LogP contribution in [0.5, 0.6) is 0 Å². The average Bonchev–Trinajstić information content (AvgIpc) is 2.26. The Morgan fingerprint density at radius 1 is 1.27 bits per heavy atom. The molecule has 0 aromatic carbocycles. The number of carbonyl (C=O) groups is 1. The van der Waals surface area contributed by atoms with Crippen molar-refractivity contribution in [3.63, 3.8) is 0 Å². The highest BCUT2D eigenvalue weighted by Gasteiger charge is 2.23. The van der Waals surface area contributed by atoms with Crippen molar-refractivity contribution in [1.82, 2.24) is 4.90 Å². The van der Waals surface area contributed by atoms with Crippen molar-refractivity contribution in [2.75, 3.05) is 19.6 Å². The maximum absolute atomic E-state index is 11.2. The van der Waals surface area contributed by atoms with E-state index in [1.807, 2.05) is 0 Å². The second-order valence-corrected chi connectivity index (χ2v) is 4.87. The molecule has 0 aliphatic carbocycles. The molecule has 0 saturated carbocycles. The summed E-state index contributed by atoms with van der Waals surface area (Å²) < 4.78 is 0. The molecule has 0 spiro atoms. The van der Waals surface area contributed by atoms with Gasteiger partial charge in [0, 0.05) is 12.5 Å². The van der Waals surface area contributed by atoms with Crippen LogP contribution in [0.4, 0.5) is 0 Å². The minimum Gasteiger partial charge on any atom is -0.303 e. The molecule has 1 aliphatic rings. The molecule has 88 valence electrons. The molecule has 0 N–H and O–H groups in total. The summed E-state index contributed by atoms with van der Waals surface area (Å²) in [7, 11) is 0. The Bertz CT molecular complexity index is 191. The molecule has 0 amide bonds. The maximum Gasteiger partial charge on any atom is 0.133 e. The van der Waals surface area contributed by atoms with E-state index < -0.39 is 0 Å². The molecule has 0 atom stereocenters. The van der Waals surface area contributed by atoms with Crippen molar-refractivity contribution in [2.24, 2.45) is 11.8 Å². The monoisotopic (exact) mass is 211 g/mol. The standard InChI is InChI=1S/C13H25NO/c1-4-12(5-2)10-14-8-6-13(7-9-14)11(3)15/h12-13H,4-10H2,1-3H3. The van der Waals surface area contributed by atoms with Crippen LogP contribution in [-0.2, 0) is 4.79 Å². The first-order valence-electron chi connectivity index (χ1n) is 6.40. The second-order valence-electron chi connectivity index (χ2n) is 4.87. The summed E-state index contributed by atoms with van der Waals surface area (Å²) in [4.78, 5) is 13.8. The Morgan fingerprint density at radius 2 is 1.80 bits per heavy atom. The lowest BCUT2D eigenvalue weighted by Gasteiger charge is -2.33. The zero-order valence-electron chi connectivity index (χ0n) is 10.5. The van der Waals surface area contributed by atoms with Gasteiger partial charge in [-0.2, -0.15) is 0 Å². The number of Topliss-reactive ketones (excluding diaryl/α,β-unsaturated/α-hetero) is 1. The largest absolute Gasteiger partial charge is 0.303 e. The first-order chi connectivity index (χ1) is 7.17. The molecule has 1 aliphatic heterocycles. The van der Waals surface area contributed by atoms with Crippen LogP contribution in [0.2, 0.25) is 0 Å². The average molecular weight is 211 g/mol. The van der Waals surface area contributed by atoms with Crippen LogP contribution >= 0.6 is 0 Å². The van der Waals surface area contributed by atoms with E-state index in [-0.39, 0.29) is 0 Å². The summed E-state index contributed by atoms with van der Waals surface area (Å²) in [5, 5.41) is 0. The van der Waals surface area contributed by atoms with Gasteiger partial charge in [-0.25, -0.2) is 0 Å². The minimum absolute atomic E-state index is 0.350. The van der Waals surface area contributed by atoms with Gasteiger partial charge in [-0.15, -0.1) is 0 Å². The van der Waals surface area contributed by atoms with Gasteiger partial charge in [0.25, 0.3) is 0 Å². The number of hydrogen-bond donors (Lipinski definition) is 0. The third-order valence-corrected chi connectivity index (χ3v) is 3.83.